The van der Waals surface area contributed by atoms with Gasteiger partial charge in [0.2, 0.25) is 0 Å². The molecule has 0 bridgehead atoms. The fourth-order valence-electron chi connectivity index (χ4n) is 0.255. The number of halogens is 1. The van der Waals surface area contributed by atoms with Crippen LogP contribution in [-0.4, -0.2) is 5.78 Å². The van der Waals surface area contributed by atoms with Gasteiger partial charge in [0, 0.05) is 5.03 Å². The van der Waals surface area contributed by atoms with Crippen LogP contribution in [0.4, 0.5) is 0 Å². The molecule has 0 fully saturated rings. The van der Waals surface area contributed by atoms with Crippen LogP contribution in [0.5, 0.6) is 0 Å². The molecule has 0 aromatic carbocycles. The van der Waals surface area contributed by atoms with Crippen molar-refractivity contribution in [2.75, 3.05) is 0 Å². The summed E-state index contributed by atoms with van der Waals surface area (Å²) in [5.41, 5.74) is 0. The molecule has 0 radical (unpaired) electrons. The summed E-state index contributed by atoms with van der Waals surface area (Å²) in [6, 6.07) is 0. The molecular weight excluding hydrogens is 124 g/mol. The molecule has 1 nitrogen and oxygen atoms in total. The highest BCUT2D eigenvalue weighted by atomic mass is 35.5. The van der Waals surface area contributed by atoms with Crippen LogP contribution >= 0.6 is 11.6 Å². The van der Waals surface area contributed by atoms with Crippen LogP contribution in [0.3, 0.4) is 0 Å². The summed E-state index contributed by atoms with van der Waals surface area (Å²) in [5.74, 6) is -0.155. The van der Waals surface area contributed by atoms with Gasteiger partial charge >= 0.3 is 0 Å². The Kier molecular flexibility index (Phi) is 3.20. The third kappa shape index (κ3) is 3.62. The van der Waals surface area contributed by atoms with E-state index in [2.05, 4.69) is 6.58 Å². The minimum atomic E-state index is -0.155. The molecule has 0 aliphatic heterocycles. The van der Waals surface area contributed by atoms with Crippen molar-refractivity contribution in [1.82, 2.24) is 0 Å². The maximum atomic E-state index is 10.3. The molecule has 0 heterocycles. The van der Waals surface area contributed by atoms with E-state index in [1.807, 2.05) is 0 Å². The van der Waals surface area contributed by atoms with Crippen molar-refractivity contribution in [3.63, 3.8) is 0 Å². The van der Waals surface area contributed by atoms with E-state index >= 15 is 0 Å². The van der Waals surface area contributed by atoms with Gasteiger partial charge in [-0.25, -0.2) is 0 Å². The van der Waals surface area contributed by atoms with Gasteiger partial charge in [-0.3, -0.25) is 4.79 Å². The quantitative estimate of drug-likeness (QED) is 0.522. The maximum Gasteiger partial charge on any atom is 0.179 e. The fraction of sp³-hybridized carbons (Fsp3) is 0.167. The number of allylic oxidation sites excluding steroid dienone is 3. The van der Waals surface area contributed by atoms with E-state index in [4.69, 9.17) is 11.6 Å². The first-order valence-electron chi connectivity index (χ1n) is 2.17. The average Bonchev–Trinajstić information content (AvgIpc) is 1.65. The molecule has 0 atom stereocenters. The monoisotopic (exact) mass is 130 g/mol. The average molecular weight is 131 g/mol. The van der Waals surface area contributed by atoms with E-state index in [-0.39, 0.29) is 5.78 Å². The van der Waals surface area contributed by atoms with Crippen LogP contribution in [-0.2, 0) is 4.79 Å². The predicted molar refractivity (Wildman–Crippen MR) is 34.8 cm³/mol. The number of carbonyl (C=O) groups excluding carboxylic acids is 1. The minimum Gasteiger partial charge on any atom is -0.290 e. The molecule has 0 aromatic rings. The zero-order chi connectivity index (χ0) is 6.57. The third-order valence-corrected chi connectivity index (χ3v) is 0.651. The Balaban J connectivity index is 3.89. The van der Waals surface area contributed by atoms with Crippen LogP contribution in [0.2, 0.25) is 0 Å². The second-order valence-electron chi connectivity index (χ2n) is 1.34. The van der Waals surface area contributed by atoms with E-state index in [1.54, 1.807) is 6.92 Å². The Morgan fingerprint density at radius 1 is 1.75 bits per heavy atom. The molecule has 0 unspecified atom stereocenters. The third-order valence-electron chi connectivity index (χ3n) is 0.542. The number of carbonyl (C=O) groups is 1. The molecule has 0 rings (SSSR count). The van der Waals surface area contributed by atoms with Crippen molar-refractivity contribution in [3.8, 4) is 0 Å². The van der Waals surface area contributed by atoms with Gasteiger partial charge in [-0.05, 0) is 19.1 Å². The lowest BCUT2D eigenvalue weighted by Crippen LogP contribution is -1.82. The van der Waals surface area contributed by atoms with E-state index < -0.39 is 0 Å². The van der Waals surface area contributed by atoms with E-state index in [0.29, 0.717) is 5.03 Å². The standard InChI is InChI=1S/C6H7ClO/c1-3-6(8)4-5(2)7/h3-4H,1H2,2H3/b5-4+. The fourth-order valence-corrected chi connectivity index (χ4v) is 0.362. The Bertz CT molecular complexity index is 131. The van der Waals surface area contributed by atoms with Crippen LogP contribution in [0.25, 0.3) is 0 Å². The first-order chi connectivity index (χ1) is 3.66. The number of ketones is 1. The molecule has 0 amide bonds. The maximum absolute atomic E-state index is 10.3. The van der Waals surface area contributed by atoms with E-state index in [9.17, 15) is 4.79 Å². The number of hydrogen-bond acceptors (Lipinski definition) is 1. The summed E-state index contributed by atoms with van der Waals surface area (Å²) in [6.07, 6.45) is 2.53. The Hall–Kier alpha value is -0.560. The van der Waals surface area contributed by atoms with Gasteiger partial charge in [-0.1, -0.05) is 18.2 Å². The van der Waals surface area contributed by atoms with Crippen molar-refractivity contribution in [3.05, 3.63) is 23.8 Å². The van der Waals surface area contributed by atoms with Crippen molar-refractivity contribution < 1.29 is 4.79 Å². The molecule has 8 heavy (non-hydrogen) atoms. The van der Waals surface area contributed by atoms with Gasteiger partial charge in [-0.2, -0.15) is 0 Å². The predicted octanol–water partition coefficient (Wildman–Crippen LogP) is 1.88. The normalized spacial score (nSPS) is 11.0. The van der Waals surface area contributed by atoms with Gasteiger partial charge in [0.25, 0.3) is 0 Å². The van der Waals surface area contributed by atoms with Crippen molar-refractivity contribution in [2.24, 2.45) is 0 Å². The van der Waals surface area contributed by atoms with Gasteiger partial charge in [0.05, 0.1) is 0 Å². The first-order valence-corrected chi connectivity index (χ1v) is 2.55. The smallest absolute Gasteiger partial charge is 0.179 e. The molecule has 0 saturated heterocycles. The molecular formula is C6H7ClO. The van der Waals surface area contributed by atoms with Gasteiger partial charge in [0.15, 0.2) is 5.78 Å². The second-order valence-corrected chi connectivity index (χ2v) is 1.93. The number of rotatable bonds is 2. The minimum absolute atomic E-state index is 0.155. The summed E-state index contributed by atoms with van der Waals surface area (Å²) in [5, 5.41) is 0.481. The Labute approximate surface area is 53.6 Å². The van der Waals surface area contributed by atoms with Crippen molar-refractivity contribution in [2.45, 2.75) is 6.92 Å². The highest BCUT2D eigenvalue weighted by Gasteiger charge is 1.86. The van der Waals surface area contributed by atoms with E-state index in [0.717, 1.165) is 0 Å². The van der Waals surface area contributed by atoms with Gasteiger partial charge in [0.1, 0.15) is 0 Å². The molecule has 44 valence electrons. The Morgan fingerprint density at radius 2 is 2.25 bits per heavy atom. The highest BCUT2D eigenvalue weighted by molar-refractivity contribution is 6.31. The van der Waals surface area contributed by atoms with Gasteiger partial charge < -0.3 is 0 Å². The van der Waals surface area contributed by atoms with Crippen LogP contribution in [0, 0.1) is 0 Å². The molecule has 0 aromatic heterocycles. The lowest BCUT2D eigenvalue weighted by molar-refractivity contribution is -0.110. The largest absolute Gasteiger partial charge is 0.290 e. The molecule has 0 spiro atoms. The zero-order valence-corrected chi connectivity index (χ0v) is 5.40. The second kappa shape index (κ2) is 3.44. The molecule has 2 heteroatoms. The Morgan fingerprint density at radius 3 is 2.38 bits per heavy atom. The summed E-state index contributed by atoms with van der Waals surface area (Å²) in [6.45, 7) is 4.90. The highest BCUT2D eigenvalue weighted by Crippen LogP contribution is 1.96. The van der Waals surface area contributed by atoms with Gasteiger partial charge in [-0.15, -0.1) is 0 Å². The van der Waals surface area contributed by atoms with Crippen LogP contribution in [0.1, 0.15) is 6.92 Å². The van der Waals surface area contributed by atoms with Crippen LogP contribution in [0.15, 0.2) is 23.8 Å². The molecule has 0 aliphatic carbocycles. The summed E-state index contributed by atoms with van der Waals surface area (Å²) in [4.78, 5) is 10.3. The molecule has 0 N–H and O–H groups in total. The van der Waals surface area contributed by atoms with Crippen molar-refractivity contribution >= 4 is 17.4 Å². The zero-order valence-electron chi connectivity index (χ0n) is 4.65. The van der Waals surface area contributed by atoms with E-state index in [1.165, 1.54) is 12.2 Å². The van der Waals surface area contributed by atoms with Crippen molar-refractivity contribution in [1.29, 1.82) is 0 Å². The molecule has 0 saturated carbocycles. The summed E-state index contributed by atoms with van der Waals surface area (Å²) < 4.78 is 0. The summed E-state index contributed by atoms with van der Waals surface area (Å²) >= 11 is 5.34. The lowest BCUT2D eigenvalue weighted by atomic mass is 10.3. The SMILES string of the molecule is C=CC(=O)/C=C(\C)Cl. The number of hydrogen-bond donors (Lipinski definition) is 0. The topological polar surface area (TPSA) is 17.1 Å². The van der Waals surface area contributed by atoms with Crippen LogP contribution < -0.4 is 0 Å². The lowest BCUT2D eigenvalue weighted by Gasteiger charge is -1.79. The summed E-state index contributed by atoms with van der Waals surface area (Å²) in [7, 11) is 0. The first kappa shape index (κ1) is 7.44. The molecule has 0 aliphatic rings.